The molecule has 3 rings (SSSR count). The van der Waals surface area contributed by atoms with E-state index in [9.17, 15) is 14.4 Å². The first-order valence-corrected chi connectivity index (χ1v) is 12.2. The molecular weight excluding hydrogens is 442 g/mol. The Bertz CT molecular complexity index is 1190. The van der Waals surface area contributed by atoms with Crippen molar-refractivity contribution in [2.45, 2.75) is 65.8 Å². The maximum absolute atomic E-state index is 13.4. The number of oxazole rings is 1. The Morgan fingerprint density at radius 1 is 1.24 bits per heavy atom. The Labute approximate surface area is 196 Å². The van der Waals surface area contributed by atoms with Gasteiger partial charge in [0.05, 0.1) is 17.0 Å². The van der Waals surface area contributed by atoms with Gasteiger partial charge in [0.15, 0.2) is 5.69 Å². The number of unbranched alkanes of at least 4 members (excludes halogenated alkanes) is 3. The number of thiophene rings is 1. The minimum atomic E-state index is -0.661. The van der Waals surface area contributed by atoms with Crippen LogP contribution in [0.5, 0.6) is 0 Å². The van der Waals surface area contributed by atoms with Crippen molar-refractivity contribution in [1.82, 2.24) is 14.5 Å². The zero-order chi connectivity index (χ0) is 24.0. The van der Waals surface area contributed by atoms with E-state index >= 15 is 0 Å². The first-order valence-electron chi connectivity index (χ1n) is 11.3. The summed E-state index contributed by atoms with van der Waals surface area (Å²) in [5, 5.41) is 1.93. The zero-order valence-electron chi connectivity index (χ0n) is 19.3. The van der Waals surface area contributed by atoms with Gasteiger partial charge in [-0.3, -0.25) is 19.1 Å². The molecule has 0 aromatic carbocycles. The highest BCUT2D eigenvalue weighted by Crippen LogP contribution is 2.27. The van der Waals surface area contributed by atoms with Gasteiger partial charge in [0.25, 0.3) is 5.56 Å². The van der Waals surface area contributed by atoms with Crippen LogP contribution in [0.25, 0.3) is 10.8 Å². The lowest BCUT2D eigenvalue weighted by Crippen LogP contribution is -2.42. The fourth-order valence-corrected chi connectivity index (χ4v) is 4.24. The van der Waals surface area contributed by atoms with Crippen molar-refractivity contribution in [3.63, 3.8) is 0 Å². The molecule has 0 saturated heterocycles. The van der Waals surface area contributed by atoms with Gasteiger partial charge in [-0.1, -0.05) is 39.2 Å². The number of aromatic amines is 1. The van der Waals surface area contributed by atoms with Gasteiger partial charge in [0.1, 0.15) is 11.6 Å². The van der Waals surface area contributed by atoms with Gasteiger partial charge in [-0.15, -0.1) is 11.3 Å². The van der Waals surface area contributed by atoms with E-state index in [2.05, 4.69) is 16.9 Å². The van der Waals surface area contributed by atoms with E-state index in [1.54, 1.807) is 6.92 Å². The number of hydrogen-bond donors (Lipinski definition) is 2. The molecule has 10 heteroatoms. The molecule has 0 atom stereocenters. The van der Waals surface area contributed by atoms with Crippen LogP contribution in [0.4, 0.5) is 11.5 Å². The summed E-state index contributed by atoms with van der Waals surface area (Å²) < 4.78 is 7.09. The molecule has 0 radical (unpaired) electrons. The fourth-order valence-electron chi connectivity index (χ4n) is 3.59. The van der Waals surface area contributed by atoms with Crippen LogP contribution in [0.3, 0.4) is 0 Å². The molecule has 3 aromatic rings. The molecule has 33 heavy (non-hydrogen) atoms. The van der Waals surface area contributed by atoms with Crippen molar-refractivity contribution in [3.05, 3.63) is 49.8 Å². The molecule has 0 unspecified atom stereocenters. The zero-order valence-corrected chi connectivity index (χ0v) is 20.2. The number of nitrogens with zero attached hydrogens (tertiary/aromatic N) is 3. The van der Waals surface area contributed by atoms with Gasteiger partial charge >= 0.3 is 5.69 Å². The van der Waals surface area contributed by atoms with Crippen LogP contribution in [-0.4, -0.2) is 27.0 Å². The Morgan fingerprint density at radius 3 is 2.67 bits per heavy atom. The molecule has 0 bridgehead atoms. The number of H-pyrrole nitrogens is 1. The molecule has 0 aliphatic rings. The van der Waals surface area contributed by atoms with E-state index in [4.69, 9.17) is 10.2 Å². The van der Waals surface area contributed by atoms with Crippen molar-refractivity contribution >= 4 is 28.7 Å². The second-order valence-corrected chi connectivity index (χ2v) is 8.87. The number of nitrogen functional groups attached to an aromatic ring is 1. The third-order valence-corrected chi connectivity index (χ3v) is 6.31. The highest BCUT2D eigenvalue weighted by Gasteiger charge is 2.26. The summed E-state index contributed by atoms with van der Waals surface area (Å²) in [5.74, 6) is 0.708. The van der Waals surface area contributed by atoms with Gasteiger partial charge in [-0.2, -0.15) is 0 Å². The highest BCUT2D eigenvalue weighted by molar-refractivity contribution is 7.13. The van der Waals surface area contributed by atoms with E-state index in [1.807, 2.05) is 24.4 Å². The monoisotopic (exact) mass is 473 g/mol. The Morgan fingerprint density at radius 2 is 2.00 bits per heavy atom. The van der Waals surface area contributed by atoms with Crippen LogP contribution < -0.4 is 21.9 Å². The molecule has 9 nitrogen and oxygen atoms in total. The number of amides is 1. The molecule has 1 amide bonds. The van der Waals surface area contributed by atoms with Crippen LogP contribution in [-0.2, 0) is 17.8 Å². The third-order valence-electron chi connectivity index (χ3n) is 5.45. The highest BCUT2D eigenvalue weighted by atomic mass is 32.1. The van der Waals surface area contributed by atoms with Crippen LogP contribution in [0, 0.1) is 6.92 Å². The van der Waals surface area contributed by atoms with Gasteiger partial charge < -0.3 is 15.1 Å². The molecule has 0 aliphatic carbocycles. The van der Waals surface area contributed by atoms with Gasteiger partial charge in [-0.05, 0) is 31.2 Å². The molecule has 3 N–H and O–H groups in total. The number of carbonyl (C=O) groups is 1. The van der Waals surface area contributed by atoms with E-state index in [0.717, 1.165) is 30.6 Å². The van der Waals surface area contributed by atoms with Crippen LogP contribution >= 0.6 is 11.3 Å². The Kier molecular flexibility index (Phi) is 8.26. The fraction of sp³-hybridized carbons (Fsp3) is 0.478. The maximum atomic E-state index is 13.4. The van der Waals surface area contributed by atoms with Crippen molar-refractivity contribution in [2.75, 3.05) is 17.2 Å². The second-order valence-electron chi connectivity index (χ2n) is 7.93. The summed E-state index contributed by atoms with van der Waals surface area (Å²) in [4.78, 5) is 47.6. The Hall–Kier alpha value is -3.14. The molecule has 3 aromatic heterocycles. The number of rotatable bonds is 11. The lowest BCUT2D eigenvalue weighted by atomic mass is 10.2. The maximum Gasteiger partial charge on any atom is 0.330 e. The van der Waals surface area contributed by atoms with Crippen molar-refractivity contribution in [2.24, 2.45) is 0 Å². The summed E-state index contributed by atoms with van der Waals surface area (Å²) in [6.07, 6.45) is 4.09. The molecule has 0 spiro atoms. The average molecular weight is 474 g/mol. The molecule has 0 aliphatic heterocycles. The third kappa shape index (κ3) is 5.62. The van der Waals surface area contributed by atoms with Crippen LogP contribution in [0.1, 0.15) is 57.4 Å². The first kappa shape index (κ1) is 24.5. The smallest absolute Gasteiger partial charge is 0.330 e. The van der Waals surface area contributed by atoms with Crippen molar-refractivity contribution in [1.29, 1.82) is 0 Å². The molecular formula is C23H31N5O4S. The lowest BCUT2D eigenvalue weighted by molar-refractivity contribution is -0.118. The first-order chi connectivity index (χ1) is 15.9. The van der Waals surface area contributed by atoms with Crippen molar-refractivity contribution < 1.29 is 9.21 Å². The van der Waals surface area contributed by atoms with Gasteiger partial charge in [0.2, 0.25) is 11.8 Å². The van der Waals surface area contributed by atoms with E-state index in [1.165, 1.54) is 20.8 Å². The summed E-state index contributed by atoms with van der Waals surface area (Å²) in [7, 11) is 0. The van der Waals surface area contributed by atoms with E-state index in [0.29, 0.717) is 36.9 Å². The lowest BCUT2D eigenvalue weighted by Gasteiger charge is -2.24. The molecule has 0 saturated carbocycles. The largest absolute Gasteiger partial charge is 0.440 e. The van der Waals surface area contributed by atoms with Gasteiger partial charge in [-0.25, -0.2) is 9.78 Å². The van der Waals surface area contributed by atoms with Crippen molar-refractivity contribution in [3.8, 4) is 10.8 Å². The normalized spacial score (nSPS) is 11.1. The molecule has 0 fully saturated rings. The number of aryl methyl sites for hydroxylation is 1. The summed E-state index contributed by atoms with van der Waals surface area (Å²) in [6, 6.07) is 3.81. The number of carbonyl (C=O) groups excluding carboxylic acids is 1. The summed E-state index contributed by atoms with van der Waals surface area (Å²) in [5.41, 5.74) is 5.58. The minimum absolute atomic E-state index is 0.0122. The number of nitrogens with two attached hydrogens (primary N) is 1. The summed E-state index contributed by atoms with van der Waals surface area (Å²) in [6.45, 7) is 6.51. The molecule has 178 valence electrons. The quantitative estimate of drug-likeness (QED) is 0.409. The number of aromatic nitrogens is 3. The van der Waals surface area contributed by atoms with E-state index < -0.39 is 11.2 Å². The van der Waals surface area contributed by atoms with Crippen LogP contribution in [0.2, 0.25) is 0 Å². The standard InChI is InChI=1S/C23H31N5O4S/c1-4-6-8-12-27(19-20(24)28(11-7-5-2)23(31)26-21(19)30)18(29)14-16-15(3)32-22(25-16)17-10-9-13-33-17/h9-10,13H,4-8,11-12,14,24H2,1-3H3,(H,26,30,31). The summed E-state index contributed by atoms with van der Waals surface area (Å²) >= 11 is 1.50. The van der Waals surface area contributed by atoms with E-state index in [-0.39, 0.29) is 23.8 Å². The molecule has 3 heterocycles. The number of nitrogens with one attached hydrogen (secondary N) is 1. The number of hydrogen-bond acceptors (Lipinski definition) is 7. The minimum Gasteiger partial charge on any atom is -0.440 e. The topological polar surface area (TPSA) is 127 Å². The van der Waals surface area contributed by atoms with Crippen LogP contribution in [0.15, 0.2) is 31.5 Å². The SMILES string of the molecule is CCCCCN(C(=O)Cc1nc(-c2cccs2)oc1C)c1c(N)n(CCCC)c(=O)[nH]c1=O. The average Bonchev–Trinajstić information content (AvgIpc) is 3.42. The second kappa shape index (κ2) is 11.1. The predicted molar refractivity (Wildman–Crippen MR) is 131 cm³/mol. The number of anilines is 2. The Balaban J connectivity index is 1.96. The van der Waals surface area contributed by atoms with Gasteiger partial charge in [0, 0.05) is 13.1 Å². The predicted octanol–water partition coefficient (Wildman–Crippen LogP) is 3.71.